The fourth-order valence-electron chi connectivity index (χ4n) is 4.56. The molecule has 0 atom stereocenters. The Morgan fingerprint density at radius 3 is 2.49 bits per heavy atom. The van der Waals surface area contributed by atoms with Crippen LogP contribution in [0.2, 0.25) is 19.6 Å². The Kier molecular flexibility index (Phi) is 6.19. The molecule has 4 rings (SSSR count). The number of aromatic amines is 1. The van der Waals surface area contributed by atoms with Gasteiger partial charge in [-0.1, -0.05) is 32.3 Å². The van der Waals surface area contributed by atoms with E-state index >= 15 is 0 Å². The summed E-state index contributed by atoms with van der Waals surface area (Å²) in [5, 5.41) is 6.76. The van der Waals surface area contributed by atoms with Crippen LogP contribution in [0.15, 0.2) is 43.2 Å². The summed E-state index contributed by atoms with van der Waals surface area (Å²) in [5.74, 6) is 0.430. The van der Waals surface area contributed by atoms with Crippen molar-refractivity contribution in [2.45, 2.75) is 33.5 Å². The average Bonchev–Trinajstić information content (AvgIpc) is 3.39. The van der Waals surface area contributed by atoms with E-state index in [1.807, 2.05) is 36.3 Å². The second-order valence-electron chi connectivity index (χ2n) is 9.90. The lowest BCUT2D eigenvalue weighted by molar-refractivity contribution is -0.113. The van der Waals surface area contributed by atoms with Gasteiger partial charge >= 0.3 is 0 Å². The van der Waals surface area contributed by atoms with Gasteiger partial charge in [-0.2, -0.15) is 5.10 Å². The van der Waals surface area contributed by atoms with E-state index in [1.54, 1.807) is 19.1 Å². The lowest BCUT2D eigenvalue weighted by Gasteiger charge is -2.22. The fraction of sp³-hybridized carbons (Fsp3) is 0.296. The molecule has 7 nitrogen and oxygen atoms in total. The number of amides is 1. The van der Waals surface area contributed by atoms with Gasteiger partial charge in [0.05, 0.1) is 27.1 Å². The van der Waals surface area contributed by atoms with Gasteiger partial charge in [0.2, 0.25) is 5.91 Å². The van der Waals surface area contributed by atoms with E-state index < -0.39 is 8.07 Å². The van der Waals surface area contributed by atoms with Crippen molar-refractivity contribution in [2.75, 3.05) is 19.1 Å². The number of nitrogens with one attached hydrogen (secondary N) is 1. The van der Waals surface area contributed by atoms with E-state index in [-0.39, 0.29) is 5.91 Å². The standard InChI is InChI=1S/C27H33N5O2Si/c1-10-23(33)31(4)21-13-18(11-12-22(21)34-6)25-24-16(2)19(20-15-29-32(5)17(20)3)14-28-26(24)30-27(25)35(7,8)9/h10-15H,1H2,2-9H3,(H,28,30). The van der Waals surface area contributed by atoms with Crippen LogP contribution in [-0.2, 0) is 11.8 Å². The highest BCUT2D eigenvalue weighted by Crippen LogP contribution is 2.39. The van der Waals surface area contributed by atoms with Crippen LogP contribution in [0.25, 0.3) is 33.3 Å². The number of likely N-dealkylation sites (N-methyl/N-ethyl adjacent to an activating group) is 1. The summed E-state index contributed by atoms with van der Waals surface area (Å²) in [6.45, 7) is 14.8. The number of aromatic nitrogens is 4. The van der Waals surface area contributed by atoms with E-state index in [2.05, 4.69) is 56.2 Å². The van der Waals surface area contributed by atoms with Crippen molar-refractivity contribution in [2.24, 2.45) is 7.05 Å². The summed E-state index contributed by atoms with van der Waals surface area (Å²) in [6.07, 6.45) is 5.14. The third kappa shape index (κ3) is 4.08. The van der Waals surface area contributed by atoms with Gasteiger partial charge in [0.25, 0.3) is 0 Å². The van der Waals surface area contributed by atoms with E-state index in [1.165, 1.54) is 11.4 Å². The number of carbonyl (C=O) groups excluding carboxylic acids is 1. The number of aryl methyl sites for hydroxylation is 2. The van der Waals surface area contributed by atoms with Crippen LogP contribution in [0.3, 0.4) is 0 Å². The fourth-order valence-corrected chi connectivity index (χ4v) is 6.07. The number of methoxy groups -OCH3 is 1. The highest BCUT2D eigenvalue weighted by molar-refractivity contribution is 6.89. The first-order valence-electron chi connectivity index (χ1n) is 11.6. The van der Waals surface area contributed by atoms with Crippen LogP contribution in [0.4, 0.5) is 5.69 Å². The molecule has 0 saturated carbocycles. The first-order valence-corrected chi connectivity index (χ1v) is 15.1. The number of pyridine rings is 1. The van der Waals surface area contributed by atoms with Crippen LogP contribution >= 0.6 is 0 Å². The quantitative estimate of drug-likeness (QED) is 0.308. The summed E-state index contributed by atoms with van der Waals surface area (Å²) >= 11 is 0. The van der Waals surface area contributed by atoms with Gasteiger partial charge in [-0.15, -0.1) is 0 Å². The molecular weight excluding hydrogens is 454 g/mol. The van der Waals surface area contributed by atoms with Gasteiger partial charge in [-0.25, -0.2) is 4.98 Å². The molecule has 0 fully saturated rings. The predicted octanol–water partition coefficient (Wildman–Crippen LogP) is 4.95. The van der Waals surface area contributed by atoms with Gasteiger partial charge < -0.3 is 14.6 Å². The number of fused-ring (bicyclic) bond motifs is 1. The highest BCUT2D eigenvalue weighted by atomic mass is 28.3. The second kappa shape index (κ2) is 8.85. The molecule has 1 N–H and O–H groups in total. The normalized spacial score (nSPS) is 11.7. The topological polar surface area (TPSA) is 76.0 Å². The summed E-state index contributed by atoms with van der Waals surface area (Å²) in [7, 11) is 3.49. The number of hydrogen-bond acceptors (Lipinski definition) is 4. The summed E-state index contributed by atoms with van der Waals surface area (Å²) in [6, 6.07) is 6.00. The van der Waals surface area contributed by atoms with E-state index in [4.69, 9.17) is 9.72 Å². The Hall–Kier alpha value is -3.65. The predicted molar refractivity (Wildman–Crippen MR) is 146 cm³/mol. The van der Waals surface area contributed by atoms with Crippen molar-refractivity contribution in [3.05, 3.63) is 54.5 Å². The van der Waals surface area contributed by atoms with Crippen molar-refractivity contribution in [1.82, 2.24) is 19.7 Å². The third-order valence-corrected chi connectivity index (χ3v) is 8.57. The first-order chi connectivity index (χ1) is 16.5. The molecule has 0 spiro atoms. The first kappa shape index (κ1) is 24.5. The molecule has 0 saturated heterocycles. The number of benzene rings is 1. The molecule has 1 aromatic carbocycles. The van der Waals surface area contributed by atoms with Gasteiger partial charge in [0.1, 0.15) is 11.4 Å². The van der Waals surface area contributed by atoms with Gasteiger partial charge in [0.15, 0.2) is 0 Å². The number of ether oxygens (including phenoxy) is 1. The lowest BCUT2D eigenvalue weighted by Crippen LogP contribution is -2.39. The van der Waals surface area contributed by atoms with Gasteiger partial charge in [0, 0.05) is 53.4 Å². The minimum Gasteiger partial charge on any atom is -0.495 e. The van der Waals surface area contributed by atoms with Crippen molar-refractivity contribution in [1.29, 1.82) is 0 Å². The van der Waals surface area contributed by atoms with Crippen LogP contribution in [0.1, 0.15) is 11.3 Å². The van der Waals surface area contributed by atoms with Crippen molar-refractivity contribution >= 4 is 36.0 Å². The Morgan fingerprint density at radius 2 is 1.91 bits per heavy atom. The molecule has 0 radical (unpaired) electrons. The van der Waals surface area contributed by atoms with Crippen LogP contribution in [0, 0.1) is 13.8 Å². The Morgan fingerprint density at radius 1 is 1.20 bits per heavy atom. The third-order valence-electron chi connectivity index (χ3n) is 6.69. The zero-order chi connectivity index (χ0) is 25.7. The summed E-state index contributed by atoms with van der Waals surface area (Å²) in [5.41, 5.74) is 8.09. The molecule has 3 aromatic heterocycles. The largest absolute Gasteiger partial charge is 0.495 e. The molecule has 4 aromatic rings. The summed E-state index contributed by atoms with van der Waals surface area (Å²) in [4.78, 5) is 22.5. The highest BCUT2D eigenvalue weighted by Gasteiger charge is 2.28. The molecule has 1 amide bonds. The number of rotatable bonds is 6. The maximum atomic E-state index is 12.4. The minimum atomic E-state index is -1.81. The molecule has 0 aliphatic rings. The maximum absolute atomic E-state index is 12.4. The number of anilines is 1. The Labute approximate surface area is 207 Å². The number of nitrogens with zero attached hydrogens (tertiary/aromatic N) is 4. The van der Waals surface area contributed by atoms with Gasteiger partial charge in [-0.3, -0.25) is 9.48 Å². The number of hydrogen-bond donors (Lipinski definition) is 1. The SMILES string of the molecule is C=CC(=O)N(C)c1cc(-c2c([Si](C)(C)C)[nH]c3ncc(-c4cnn(C)c4C)c(C)c23)ccc1OC. The Bertz CT molecular complexity index is 1460. The van der Waals surface area contributed by atoms with Crippen LogP contribution in [-0.4, -0.2) is 47.9 Å². The lowest BCUT2D eigenvalue weighted by atomic mass is 9.96. The molecule has 182 valence electrons. The molecule has 0 aliphatic carbocycles. The molecular formula is C27H33N5O2Si. The molecule has 3 heterocycles. The van der Waals surface area contributed by atoms with Crippen molar-refractivity contribution < 1.29 is 9.53 Å². The second-order valence-corrected chi connectivity index (χ2v) is 14.9. The van der Waals surface area contributed by atoms with Crippen molar-refractivity contribution in [3.8, 4) is 28.0 Å². The van der Waals surface area contributed by atoms with E-state index in [9.17, 15) is 4.79 Å². The van der Waals surface area contributed by atoms with E-state index in [0.29, 0.717) is 11.4 Å². The molecule has 0 bridgehead atoms. The van der Waals surface area contributed by atoms with Crippen LogP contribution < -0.4 is 15.0 Å². The molecule has 35 heavy (non-hydrogen) atoms. The van der Waals surface area contributed by atoms with Gasteiger partial charge in [-0.05, 0) is 43.2 Å². The monoisotopic (exact) mass is 487 g/mol. The molecule has 0 aliphatic heterocycles. The maximum Gasteiger partial charge on any atom is 0.250 e. The van der Waals surface area contributed by atoms with E-state index in [0.717, 1.165) is 44.5 Å². The van der Waals surface area contributed by atoms with Crippen molar-refractivity contribution in [3.63, 3.8) is 0 Å². The average molecular weight is 488 g/mol. The zero-order valence-corrected chi connectivity index (χ0v) is 22.8. The Balaban J connectivity index is 2.06. The van der Waals surface area contributed by atoms with Crippen LogP contribution in [0.5, 0.6) is 5.75 Å². The molecule has 0 unspecified atom stereocenters. The zero-order valence-electron chi connectivity index (χ0n) is 21.8. The molecule has 8 heteroatoms. The minimum absolute atomic E-state index is 0.197. The number of H-pyrrole nitrogens is 1. The summed E-state index contributed by atoms with van der Waals surface area (Å²) < 4.78 is 7.47. The smallest absolute Gasteiger partial charge is 0.250 e. The number of carbonyl (C=O) groups is 1.